The first-order valence-electron chi connectivity index (χ1n) is 20.9. The van der Waals surface area contributed by atoms with E-state index in [0.29, 0.717) is 25.2 Å². The summed E-state index contributed by atoms with van der Waals surface area (Å²) in [4.78, 5) is 65.6. The van der Waals surface area contributed by atoms with Gasteiger partial charge in [-0.2, -0.15) is 0 Å². The number of phosphoric acid groups is 2. The molecule has 1 unspecified atom stereocenters. The van der Waals surface area contributed by atoms with E-state index in [2.05, 4.69) is 29.8 Å². The van der Waals surface area contributed by atoms with Crippen molar-refractivity contribution in [3.05, 3.63) is 12.2 Å². The highest BCUT2D eigenvalue weighted by atomic mass is 31.2. The third-order valence-corrected chi connectivity index (χ3v) is 11.2. The summed E-state index contributed by atoms with van der Waals surface area (Å²) in [6.45, 7) is 3.42. The van der Waals surface area contributed by atoms with Crippen molar-refractivity contribution in [2.75, 3.05) is 26.4 Å². The zero-order valence-electron chi connectivity index (χ0n) is 34.6. The molecule has 0 bridgehead atoms. The third-order valence-electron chi connectivity index (χ3n) is 9.80. The Kier molecular flexibility index (Phi) is 28.6. The molecule has 0 aliphatic heterocycles. The van der Waals surface area contributed by atoms with Crippen LogP contribution in [0.1, 0.15) is 143 Å². The molecule has 0 aromatic heterocycles. The van der Waals surface area contributed by atoms with E-state index in [1.165, 1.54) is 19.3 Å². The van der Waals surface area contributed by atoms with Gasteiger partial charge in [-0.05, 0) is 31.6 Å². The minimum atomic E-state index is -4.91. The van der Waals surface area contributed by atoms with Crippen molar-refractivity contribution in [3.8, 4) is 0 Å². The fourth-order valence-corrected chi connectivity index (χ4v) is 7.68. The predicted molar refractivity (Wildman–Crippen MR) is 214 cm³/mol. The van der Waals surface area contributed by atoms with Crippen molar-refractivity contribution >= 4 is 33.4 Å². The van der Waals surface area contributed by atoms with Crippen LogP contribution in [-0.2, 0) is 46.6 Å². The van der Waals surface area contributed by atoms with Gasteiger partial charge >= 0.3 is 27.6 Å². The van der Waals surface area contributed by atoms with Crippen molar-refractivity contribution in [2.45, 2.75) is 173 Å². The third kappa shape index (κ3) is 28.0. The molecule has 0 spiro atoms. The zero-order valence-corrected chi connectivity index (χ0v) is 36.4. The van der Waals surface area contributed by atoms with Crippen LogP contribution in [0.3, 0.4) is 0 Å². The van der Waals surface area contributed by atoms with Gasteiger partial charge in [-0.3, -0.25) is 28.0 Å². The number of ketones is 1. The fraction of sp³-hybridized carbons (Fsp3) is 0.872. The van der Waals surface area contributed by atoms with E-state index in [1.54, 1.807) is 12.2 Å². The summed E-state index contributed by atoms with van der Waals surface area (Å²) < 4.78 is 47.5. The lowest BCUT2D eigenvalue weighted by molar-refractivity contribution is -0.161. The number of unbranched alkanes of at least 4 members (excludes halogenated alkanes) is 9. The predicted octanol–water partition coefficient (Wildman–Crippen LogP) is 5.59. The average molecular weight is 875 g/mol. The Morgan fingerprint density at radius 1 is 0.707 bits per heavy atom. The Hall–Kier alpha value is -1.59. The van der Waals surface area contributed by atoms with Gasteiger partial charge in [0.1, 0.15) is 18.5 Å². The van der Waals surface area contributed by atoms with Crippen LogP contribution in [0, 0.1) is 17.8 Å². The van der Waals surface area contributed by atoms with E-state index < -0.39 is 96.4 Å². The molecular formula is C39H72O17P2. The van der Waals surface area contributed by atoms with Gasteiger partial charge < -0.3 is 44.6 Å². The second-order valence-electron chi connectivity index (χ2n) is 15.7. The number of carbonyl (C=O) groups is 3. The molecule has 0 saturated heterocycles. The van der Waals surface area contributed by atoms with E-state index in [0.717, 1.165) is 44.9 Å². The summed E-state index contributed by atoms with van der Waals surface area (Å²) in [5, 5.41) is 41.0. The number of phosphoric ester groups is 2. The number of aliphatic hydroxyl groups excluding tert-OH is 4. The maximum Gasteiger partial charge on any atom is 0.472 e. The molecular weight excluding hydrogens is 802 g/mol. The number of aliphatic hydroxyl groups is 4. The molecule has 0 heterocycles. The summed E-state index contributed by atoms with van der Waals surface area (Å²) in [5.74, 6) is -1.79. The molecule has 0 aromatic rings. The number of carbonyl (C=O) groups excluding carboxylic acids is 3. The number of ether oxygens (including phenoxy) is 2. The number of Topliss-reactive ketones (excluding diaryl/α,β-unsaturated/α-hetero) is 1. The molecule has 0 aromatic carbocycles. The Morgan fingerprint density at radius 2 is 1.28 bits per heavy atom. The van der Waals surface area contributed by atoms with Gasteiger partial charge in [0.25, 0.3) is 0 Å². The van der Waals surface area contributed by atoms with Gasteiger partial charge in [0.15, 0.2) is 6.10 Å². The molecule has 1 rings (SSSR count). The number of hydrogen-bond acceptors (Lipinski definition) is 14. The summed E-state index contributed by atoms with van der Waals surface area (Å²) in [7, 11) is -9.81. The highest BCUT2D eigenvalue weighted by molar-refractivity contribution is 7.47. The van der Waals surface area contributed by atoms with Crippen LogP contribution in [0.5, 0.6) is 0 Å². The first kappa shape index (κ1) is 54.4. The molecule has 1 aliphatic rings. The van der Waals surface area contributed by atoms with Gasteiger partial charge in [0.2, 0.25) is 0 Å². The molecule has 0 amide bonds. The van der Waals surface area contributed by atoms with Gasteiger partial charge in [-0.15, -0.1) is 0 Å². The van der Waals surface area contributed by atoms with E-state index in [4.69, 9.17) is 23.8 Å². The van der Waals surface area contributed by atoms with E-state index >= 15 is 0 Å². The SMILES string of the molecule is CCCCC[C@H](O)/C=C/[C@@H]1[C@@H](CC(=O)CCCCC(=O)O[C@H](COC(=O)CCCCCCCCCC(C)C)COP(=O)(O)OC[C@@H](O)COP(=O)(O)O)[C@@H](O)C[C@H]1O. The largest absolute Gasteiger partial charge is 0.472 e. The topological polar surface area (TPSA) is 273 Å². The normalized spacial score (nSPS) is 21.2. The lowest BCUT2D eigenvalue weighted by Crippen LogP contribution is -2.30. The zero-order chi connectivity index (χ0) is 43.6. The standard InChI is InChI=1S/C39H72O17P2/c1-4-5-11-17-30(40)21-22-34-35(37(44)24-36(34)43)23-31(41)18-14-15-20-39(46)56-33(28-55-58(50,51)54-26-32(42)25-53-57(47,48)49)27-52-38(45)19-13-10-8-6-7-9-12-16-29(2)3/h21-22,29-30,32-37,40,42-44H,4-20,23-28H2,1-3H3,(H,50,51)(H2,47,48,49)/b22-21+/t30-,32-,33+,34+,35+,36+,37-/m0/s1. The fourth-order valence-electron chi connectivity index (χ4n) is 6.53. The van der Waals surface area contributed by atoms with Crippen LogP contribution in [0.25, 0.3) is 0 Å². The van der Waals surface area contributed by atoms with Crippen LogP contribution >= 0.6 is 15.6 Å². The lowest BCUT2D eigenvalue weighted by atomic mass is 9.87. The van der Waals surface area contributed by atoms with Crippen LogP contribution in [0.2, 0.25) is 0 Å². The molecule has 19 heteroatoms. The second kappa shape index (κ2) is 30.4. The molecule has 1 fully saturated rings. The molecule has 17 nitrogen and oxygen atoms in total. The highest BCUT2D eigenvalue weighted by Crippen LogP contribution is 2.44. The second-order valence-corrected chi connectivity index (χ2v) is 18.4. The molecule has 1 saturated carbocycles. The Labute approximate surface area is 344 Å². The molecule has 7 N–H and O–H groups in total. The smallest absolute Gasteiger partial charge is 0.462 e. The minimum Gasteiger partial charge on any atom is -0.462 e. The van der Waals surface area contributed by atoms with E-state index in [-0.39, 0.29) is 44.3 Å². The van der Waals surface area contributed by atoms with Crippen molar-refractivity contribution in [3.63, 3.8) is 0 Å². The van der Waals surface area contributed by atoms with Crippen molar-refractivity contribution in [2.24, 2.45) is 17.8 Å². The maximum absolute atomic E-state index is 12.9. The van der Waals surface area contributed by atoms with Crippen LogP contribution in [-0.4, -0.2) is 110 Å². The molecule has 340 valence electrons. The minimum absolute atomic E-state index is 0.0177. The monoisotopic (exact) mass is 874 g/mol. The number of rotatable bonds is 35. The number of esters is 2. The van der Waals surface area contributed by atoms with Gasteiger partial charge in [0.05, 0.1) is 38.1 Å². The van der Waals surface area contributed by atoms with E-state index in [9.17, 15) is 48.8 Å². The van der Waals surface area contributed by atoms with Crippen LogP contribution in [0.4, 0.5) is 0 Å². The molecule has 8 atom stereocenters. The van der Waals surface area contributed by atoms with Gasteiger partial charge in [-0.1, -0.05) is 97.1 Å². The first-order valence-corrected chi connectivity index (χ1v) is 23.9. The first-order chi connectivity index (χ1) is 27.3. The summed E-state index contributed by atoms with van der Waals surface area (Å²) in [5.41, 5.74) is 0. The molecule has 58 heavy (non-hydrogen) atoms. The van der Waals surface area contributed by atoms with Crippen molar-refractivity contribution < 1.29 is 81.7 Å². The highest BCUT2D eigenvalue weighted by Gasteiger charge is 2.41. The Morgan fingerprint density at radius 3 is 1.93 bits per heavy atom. The lowest BCUT2D eigenvalue weighted by Gasteiger charge is -2.21. The summed E-state index contributed by atoms with van der Waals surface area (Å²) in [6, 6.07) is 0. The molecule has 0 radical (unpaired) electrons. The van der Waals surface area contributed by atoms with E-state index in [1.807, 2.05) is 0 Å². The van der Waals surface area contributed by atoms with Crippen LogP contribution in [0.15, 0.2) is 12.2 Å². The quantitative estimate of drug-likeness (QED) is 0.0177. The Bertz CT molecular complexity index is 1270. The average Bonchev–Trinajstić information content (AvgIpc) is 3.41. The molecule has 1 aliphatic carbocycles. The van der Waals surface area contributed by atoms with Gasteiger partial charge in [-0.25, -0.2) is 9.13 Å². The van der Waals surface area contributed by atoms with Crippen molar-refractivity contribution in [1.82, 2.24) is 0 Å². The van der Waals surface area contributed by atoms with Crippen LogP contribution < -0.4 is 0 Å². The van der Waals surface area contributed by atoms with Crippen molar-refractivity contribution in [1.29, 1.82) is 0 Å². The summed E-state index contributed by atoms with van der Waals surface area (Å²) in [6.07, 6.45) is 10.3. The Balaban J connectivity index is 2.64. The van der Waals surface area contributed by atoms with Gasteiger partial charge in [0, 0.05) is 43.9 Å². The maximum atomic E-state index is 12.9. The number of hydrogen-bond donors (Lipinski definition) is 7. The summed E-state index contributed by atoms with van der Waals surface area (Å²) >= 11 is 0.